The lowest BCUT2D eigenvalue weighted by molar-refractivity contribution is -0.132. The summed E-state index contributed by atoms with van der Waals surface area (Å²) < 4.78 is 0. The molecule has 0 spiro atoms. The molecular formula is C10H20O. The lowest BCUT2D eigenvalue weighted by Gasteiger charge is -2.37. The van der Waals surface area contributed by atoms with Crippen molar-refractivity contribution in [2.45, 2.75) is 48.0 Å². The first-order valence-corrected chi connectivity index (χ1v) is 4.26. The minimum Gasteiger partial charge on any atom is -0.299 e. The molecule has 0 atom stereocenters. The van der Waals surface area contributed by atoms with Gasteiger partial charge in [0.1, 0.15) is 5.78 Å². The Kier molecular flexibility index (Phi) is 2.87. The van der Waals surface area contributed by atoms with Crippen LogP contribution >= 0.6 is 0 Å². The molecule has 0 aromatic rings. The van der Waals surface area contributed by atoms with Crippen molar-refractivity contribution < 1.29 is 4.79 Å². The van der Waals surface area contributed by atoms with Gasteiger partial charge in [-0.2, -0.15) is 0 Å². The molecule has 0 N–H and O–H groups in total. The molecule has 0 aliphatic heterocycles. The number of carbonyl (C=O) groups excluding carboxylic acids is 1. The van der Waals surface area contributed by atoms with E-state index in [2.05, 4.69) is 20.8 Å². The van der Waals surface area contributed by atoms with Gasteiger partial charge in [-0.15, -0.1) is 0 Å². The molecule has 0 aliphatic rings. The zero-order valence-corrected chi connectivity index (χ0v) is 8.62. The van der Waals surface area contributed by atoms with Crippen LogP contribution in [0.3, 0.4) is 0 Å². The van der Waals surface area contributed by atoms with E-state index >= 15 is 0 Å². The van der Waals surface area contributed by atoms with Crippen LogP contribution in [-0.2, 0) is 4.79 Å². The largest absolute Gasteiger partial charge is 0.299 e. The van der Waals surface area contributed by atoms with Crippen molar-refractivity contribution in [3.05, 3.63) is 0 Å². The van der Waals surface area contributed by atoms with E-state index in [4.69, 9.17) is 0 Å². The van der Waals surface area contributed by atoms with Crippen molar-refractivity contribution in [2.75, 3.05) is 0 Å². The highest BCUT2D eigenvalue weighted by atomic mass is 16.1. The molecule has 1 heteroatoms. The van der Waals surface area contributed by atoms with E-state index in [1.807, 2.05) is 20.8 Å². The van der Waals surface area contributed by atoms with Crippen LogP contribution in [0.15, 0.2) is 0 Å². The Labute approximate surface area is 70.2 Å². The van der Waals surface area contributed by atoms with Crippen LogP contribution in [-0.4, -0.2) is 5.78 Å². The molecule has 0 radical (unpaired) electrons. The Morgan fingerprint density at radius 2 is 1.45 bits per heavy atom. The summed E-state index contributed by atoms with van der Waals surface area (Å²) in [6.07, 6.45) is 0.643. The first-order chi connectivity index (χ1) is 4.73. The van der Waals surface area contributed by atoms with Gasteiger partial charge in [-0.1, -0.05) is 41.5 Å². The van der Waals surface area contributed by atoms with Crippen LogP contribution in [0.1, 0.15) is 48.0 Å². The van der Waals surface area contributed by atoms with Gasteiger partial charge < -0.3 is 0 Å². The van der Waals surface area contributed by atoms with Crippen LogP contribution in [0.4, 0.5) is 0 Å². The van der Waals surface area contributed by atoms with Crippen molar-refractivity contribution in [3.63, 3.8) is 0 Å². The summed E-state index contributed by atoms with van der Waals surface area (Å²) in [5.41, 5.74) is -0.123. The third kappa shape index (κ3) is 2.05. The highest BCUT2D eigenvalue weighted by Crippen LogP contribution is 2.39. The highest BCUT2D eigenvalue weighted by Gasteiger charge is 2.37. The van der Waals surface area contributed by atoms with E-state index in [1.54, 1.807) is 0 Å². The lowest BCUT2D eigenvalue weighted by Crippen LogP contribution is -2.37. The Morgan fingerprint density at radius 1 is 1.09 bits per heavy atom. The predicted octanol–water partition coefficient (Wildman–Crippen LogP) is 3.04. The van der Waals surface area contributed by atoms with Crippen LogP contribution in [0.5, 0.6) is 0 Å². The molecule has 11 heavy (non-hydrogen) atoms. The molecule has 0 saturated carbocycles. The summed E-state index contributed by atoms with van der Waals surface area (Å²) >= 11 is 0. The number of hydrogen-bond donors (Lipinski definition) is 0. The highest BCUT2D eigenvalue weighted by molar-refractivity contribution is 5.84. The maximum atomic E-state index is 11.5. The number of Topliss-reactive ketones (excluding diaryl/α,β-unsaturated/α-hetero) is 1. The summed E-state index contributed by atoms with van der Waals surface area (Å²) in [4.78, 5) is 11.5. The van der Waals surface area contributed by atoms with Gasteiger partial charge in [-0.25, -0.2) is 0 Å². The summed E-state index contributed by atoms with van der Waals surface area (Å²) in [5.74, 6) is 0.352. The third-order valence-corrected chi connectivity index (χ3v) is 2.89. The number of rotatable bonds is 2. The van der Waals surface area contributed by atoms with E-state index in [0.717, 1.165) is 0 Å². The molecule has 0 amide bonds. The fraction of sp³-hybridized carbons (Fsp3) is 0.900. The second-order valence-corrected chi connectivity index (χ2v) is 4.65. The summed E-state index contributed by atoms with van der Waals surface area (Å²) in [6.45, 7) is 12.3. The van der Waals surface area contributed by atoms with Crippen molar-refractivity contribution in [2.24, 2.45) is 10.8 Å². The van der Waals surface area contributed by atoms with E-state index in [0.29, 0.717) is 12.2 Å². The van der Waals surface area contributed by atoms with Gasteiger partial charge in [0.15, 0.2) is 0 Å². The molecule has 0 unspecified atom stereocenters. The van der Waals surface area contributed by atoms with E-state index in [-0.39, 0.29) is 10.8 Å². The molecule has 1 nitrogen and oxygen atoms in total. The molecule has 0 saturated heterocycles. The summed E-state index contributed by atoms with van der Waals surface area (Å²) in [7, 11) is 0. The molecule has 0 fully saturated rings. The number of carbonyl (C=O) groups is 1. The van der Waals surface area contributed by atoms with Gasteiger partial charge in [0.25, 0.3) is 0 Å². The molecular weight excluding hydrogens is 136 g/mol. The van der Waals surface area contributed by atoms with Gasteiger partial charge in [0.05, 0.1) is 0 Å². The van der Waals surface area contributed by atoms with Gasteiger partial charge >= 0.3 is 0 Å². The smallest absolute Gasteiger partial charge is 0.138 e. The van der Waals surface area contributed by atoms with Crippen molar-refractivity contribution in [1.29, 1.82) is 0 Å². The normalized spacial score (nSPS) is 13.3. The summed E-state index contributed by atoms with van der Waals surface area (Å²) in [5, 5.41) is 0. The average molecular weight is 156 g/mol. The van der Waals surface area contributed by atoms with Crippen LogP contribution in [0, 0.1) is 10.8 Å². The first kappa shape index (κ1) is 10.7. The van der Waals surface area contributed by atoms with Crippen LogP contribution in [0.25, 0.3) is 0 Å². The first-order valence-electron chi connectivity index (χ1n) is 4.26. The van der Waals surface area contributed by atoms with Crippen molar-refractivity contribution in [1.82, 2.24) is 0 Å². The molecule has 0 aliphatic carbocycles. The molecule has 0 heterocycles. The Morgan fingerprint density at radius 3 is 1.55 bits per heavy atom. The van der Waals surface area contributed by atoms with E-state index in [1.165, 1.54) is 0 Å². The number of hydrogen-bond acceptors (Lipinski definition) is 1. The average Bonchev–Trinajstić information content (AvgIpc) is 1.83. The van der Waals surface area contributed by atoms with Gasteiger partial charge in [0, 0.05) is 11.8 Å². The van der Waals surface area contributed by atoms with Crippen molar-refractivity contribution >= 4 is 5.78 Å². The molecule has 0 rings (SSSR count). The maximum Gasteiger partial charge on any atom is 0.138 e. The topological polar surface area (TPSA) is 17.1 Å². The van der Waals surface area contributed by atoms with Gasteiger partial charge in [-0.05, 0) is 5.41 Å². The monoisotopic (exact) mass is 156 g/mol. The standard InChI is InChI=1S/C10H20O/c1-7-8(11)10(5,6)9(2,3)4/h7H2,1-6H3. The zero-order valence-electron chi connectivity index (χ0n) is 8.62. The van der Waals surface area contributed by atoms with Crippen LogP contribution < -0.4 is 0 Å². The predicted molar refractivity (Wildman–Crippen MR) is 48.5 cm³/mol. The quantitative estimate of drug-likeness (QED) is 0.600. The second kappa shape index (κ2) is 2.96. The fourth-order valence-corrected chi connectivity index (χ4v) is 0.860. The molecule has 0 aromatic heterocycles. The van der Waals surface area contributed by atoms with Crippen molar-refractivity contribution in [3.8, 4) is 0 Å². The third-order valence-electron chi connectivity index (χ3n) is 2.89. The maximum absolute atomic E-state index is 11.5. The Hall–Kier alpha value is -0.330. The fourth-order valence-electron chi connectivity index (χ4n) is 0.860. The SMILES string of the molecule is CCC(=O)C(C)(C)C(C)(C)C. The summed E-state index contributed by atoms with van der Waals surface area (Å²) in [6, 6.07) is 0. The molecule has 0 bridgehead atoms. The second-order valence-electron chi connectivity index (χ2n) is 4.65. The number of ketones is 1. The molecule has 66 valence electrons. The Bertz CT molecular complexity index is 149. The lowest BCUT2D eigenvalue weighted by atomic mass is 9.66. The van der Waals surface area contributed by atoms with Crippen LogP contribution in [0.2, 0.25) is 0 Å². The Balaban J connectivity index is 4.59. The van der Waals surface area contributed by atoms with E-state index < -0.39 is 0 Å². The van der Waals surface area contributed by atoms with E-state index in [9.17, 15) is 4.79 Å². The van der Waals surface area contributed by atoms with Gasteiger partial charge in [0.2, 0.25) is 0 Å². The molecule has 0 aromatic carbocycles. The zero-order chi connectivity index (χ0) is 9.28. The minimum atomic E-state index is -0.193. The van der Waals surface area contributed by atoms with Gasteiger partial charge in [-0.3, -0.25) is 4.79 Å². The minimum absolute atomic E-state index is 0.0695.